The third-order valence-corrected chi connectivity index (χ3v) is 3.65. The number of rotatable bonds is 4. The highest BCUT2D eigenvalue weighted by atomic mass is 35.5. The lowest BCUT2D eigenvalue weighted by Gasteiger charge is -2.00. The zero-order valence-electron chi connectivity index (χ0n) is 11.7. The number of aromatic amines is 1. The minimum Gasteiger partial charge on any atom is -0.399 e. The molecule has 0 unspecified atom stereocenters. The highest BCUT2D eigenvalue weighted by molar-refractivity contribution is 6.34. The second-order valence-corrected chi connectivity index (χ2v) is 5.94. The van der Waals surface area contributed by atoms with E-state index in [0.29, 0.717) is 22.9 Å². The molecule has 0 spiro atoms. The van der Waals surface area contributed by atoms with Crippen LogP contribution in [0.1, 0.15) is 22.8 Å². The fourth-order valence-corrected chi connectivity index (χ4v) is 2.79. The minimum atomic E-state index is 0.606. The van der Waals surface area contributed by atoms with Gasteiger partial charge in [0.15, 0.2) is 5.82 Å². The van der Waals surface area contributed by atoms with Crippen molar-refractivity contribution >= 4 is 28.9 Å². The molecular weight excluding hydrogens is 319 g/mol. The molecule has 3 N–H and O–H groups in total. The molecule has 0 aliphatic rings. The maximum atomic E-state index is 6.00. The van der Waals surface area contributed by atoms with Gasteiger partial charge in [0, 0.05) is 28.6 Å². The molecule has 0 amide bonds. The standard InChI is InChI=1S/C16H14Cl2N4/c17-12-5-11(6-13(18)9-12)8-16-20-15(21-22-16)7-10-1-3-14(19)4-2-10/h1-6,9H,7-8,19H2,(H,20,21,22). The Hall–Kier alpha value is -2.04. The molecule has 1 heterocycles. The third-order valence-electron chi connectivity index (χ3n) is 3.21. The average Bonchev–Trinajstić information content (AvgIpc) is 2.87. The summed E-state index contributed by atoms with van der Waals surface area (Å²) >= 11 is 12.0. The van der Waals surface area contributed by atoms with Crippen LogP contribution in [0.25, 0.3) is 0 Å². The van der Waals surface area contributed by atoms with Crippen molar-refractivity contribution in [1.82, 2.24) is 15.2 Å². The van der Waals surface area contributed by atoms with E-state index in [9.17, 15) is 0 Å². The van der Waals surface area contributed by atoms with E-state index in [1.165, 1.54) is 0 Å². The lowest BCUT2D eigenvalue weighted by atomic mass is 10.1. The Morgan fingerprint density at radius 1 is 0.909 bits per heavy atom. The summed E-state index contributed by atoms with van der Waals surface area (Å²) in [7, 11) is 0. The van der Waals surface area contributed by atoms with Crippen molar-refractivity contribution in [3.05, 3.63) is 75.3 Å². The van der Waals surface area contributed by atoms with Crippen molar-refractivity contribution in [3.8, 4) is 0 Å². The van der Waals surface area contributed by atoms with Gasteiger partial charge in [0.25, 0.3) is 0 Å². The van der Waals surface area contributed by atoms with Crippen molar-refractivity contribution in [2.75, 3.05) is 5.73 Å². The van der Waals surface area contributed by atoms with Gasteiger partial charge in [-0.25, -0.2) is 4.98 Å². The van der Waals surface area contributed by atoms with Crippen LogP contribution in [0, 0.1) is 0 Å². The van der Waals surface area contributed by atoms with Crippen molar-refractivity contribution in [3.63, 3.8) is 0 Å². The molecule has 0 aliphatic carbocycles. The van der Waals surface area contributed by atoms with Crippen LogP contribution in [0.2, 0.25) is 10.0 Å². The molecule has 3 rings (SSSR count). The highest BCUT2D eigenvalue weighted by Gasteiger charge is 2.07. The summed E-state index contributed by atoms with van der Waals surface area (Å²) in [5.74, 6) is 1.52. The number of anilines is 1. The summed E-state index contributed by atoms with van der Waals surface area (Å²) in [6, 6.07) is 13.1. The van der Waals surface area contributed by atoms with E-state index in [1.807, 2.05) is 36.4 Å². The monoisotopic (exact) mass is 332 g/mol. The first-order valence-corrected chi connectivity index (χ1v) is 7.53. The van der Waals surface area contributed by atoms with Crippen LogP contribution in [0.4, 0.5) is 5.69 Å². The number of nitrogens with zero attached hydrogens (tertiary/aromatic N) is 2. The summed E-state index contributed by atoms with van der Waals surface area (Å²) in [4.78, 5) is 4.50. The van der Waals surface area contributed by atoms with Crippen molar-refractivity contribution in [2.45, 2.75) is 12.8 Å². The van der Waals surface area contributed by atoms with Crippen molar-refractivity contribution in [2.24, 2.45) is 0 Å². The number of nitrogen functional groups attached to an aromatic ring is 1. The molecular formula is C16H14Cl2N4. The SMILES string of the molecule is Nc1ccc(Cc2n[nH]c(Cc3cc(Cl)cc(Cl)c3)n2)cc1. The maximum absolute atomic E-state index is 6.00. The van der Waals surface area contributed by atoms with Gasteiger partial charge >= 0.3 is 0 Å². The van der Waals surface area contributed by atoms with Gasteiger partial charge in [0.2, 0.25) is 0 Å². The second-order valence-electron chi connectivity index (χ2n) is 5.07. The highest BCUT2D eigenvalue weighted by Crippen LogP contribution is 2.20. The number of hydrogen-bond acceptors (Lipinski definition) is 3. The predicted octanol–water partition coefficient (Wildman–Crippen LogP) is 3.88. The van der Waals surface area contributed by atoms with Gasteiger partial charge in [-0.05, 0) is 41.5 Å². The van der Waals surface area contributed by atoms with Crippen LogP contribution in [0.3, 0.4) is 0 Å². The minimum absolute atomic E-state index is 0.606. The molecule has 0 fully saturated rings. The van der Waals surface area contributed by atoms with Crippen molar-refractivity contribution in [1.29, 1.82) is 0 Å². The first-order chi connectivity index (χ1) is 10.6. The molecule has 22 heavy (non-hydrogen) atoms. The zero-order chi connectivity index (χ0) is 15.5. The maximum Gasteiger partial charge on any atom is 0.155 e. The second kappa shape index (κ2) is 6.38. The Balaban J connectivity index is 1.72. The smallest absolute Gasteiger partial charge is 0.155 e. The Labute approximate surface area is 138 Å². The molecule has 3 aromatic rings. The third kappa shape index (κ3) is 3.78. The van der Waals surface area contributed by atoms with Crippen LogP contribution in [0.5, 0.6) is 0 Å². The van der Waals surface area contributed by atoms with Crippen LogP contribution in [-0.4, -0.2) is 15.2 Å². The summed E-state index contributed by atoms with van der Waals surface area (Å²) in [5.41, 5.74) is 8.53. The van der Waals surface area contributed by atoms with Gasteiger partial charge < -0.3 is 5.73 Å². The Kier molecular flexibility index (Phi) is 4.32. The van der Waals surface area contributed by atoms with Crippen LogP contribution in [0.15, 0.2) is 42.5 Å². The molecule has 0 aliphatic heterocycles. The summed E-state index contributed by atoms with van der Waals surface area (Å²) in [6.45, 7) is 0. The van der Waals surface area contributed by atoms with E-state index >= 15 is 0 Å². The number of nitrogens with one attached hydrogen (secondary N) is 1. The van der Waals surface area contributed by atoms with Gasteiger partial charge in [-0.3, -0.25) is 5.10 Å². The summed E-state index contributed by atoms with van der Waals surface area (Å²) in [6.07, 6.45) is 1.27. The number of H-pyrrole nitrogens is 1. The topological polar surface area (TPSA) is 67.6 Å². The molecule has 0 saturated carbocycles. The van der Waals surface area contributed by atoms with E-state index in [4.69, 9.17) is 28.9 Å². The number of aromatic nitrogens is 3. The Morgan fingerprint density at radius 3 is 2.27 bits per heavy atom. The molecule has 4 nitrogen and oxygen atoms in total. The van der Waals surface area contributed by atoms with E-state index in [-0.39, 0.29) is 0 Å². The summed E-state index contributed by atoms with van der Waals surface area (Å²) in [5, 5.41) is 8.42. The fourth-order valence-electron chi connectivity index (χ4n) is 2.22. The van der Waals surface area contributed by atoms with E-state index in [1.54, 1.807) is 6.07 Å². The number of hydrogen-bond donors (Lipinski definition) is 2. The molecule has 0 saturated heterocycles. The summed E-state index contributed by atoms with van der Waals surface area (Å²) < 4.78 is 0. The largest absolute Gasteiger partial charge is 0.399 e. The number of nitrogens with two attached hydrogens (primary N) is 1. The molecule has 112 valence electrons. The van der Waals surface area contributed by atoms with E-state index in [0.717, 1.165) is 28.5 Å². The lowest BCUT2D eigenvalue weighted by Crippen LogP contribution is -1.93. The normalized spacial score (nSPS) is 10.8. The molecule has 0 radical (unpaired) electrons. The van der Waals surface area contributed by atoms with Gasteiger partial charge in [-0.2, -0.15) is 5.10 Å². The van der Waals surface area contributed by atoms with E-state index in [2.05, 4.69) is 15.2 Å². The van der Waals surface area contributed by atoms with E-state index < -0.39 is 0 Å². The predicted molar refractivity (Wildman–Crippen MR) is 89.3 cm³/mol. The van der Waals surface area contributed by atoms with Gasteiger partial charge in [0.05, 0.1) is 0 Å². The van der Waals surface area contributed by atoms with Gasteiger partial charge in [0.1, 0.15) is 5.82 Å². The Bertz CT molecular complexity index is 761. The molecule has 1 aromatic heterocycles. The average molecular weight is 333 g/mol. The first-order valence-electron chi connectivity index (χ1n) is 6.78. The van der Waals surface area contributed by atoms with Crippen LogP contribution in [-0.2, 0) is 12.8 Å². The quantitative estimate of drug-likeness (QED) is 0.712. The van der Waals surface area contributed by atoms with Gasteiger partial charge in [-0.15, -0.1) is 0 Å². The molecule has 0 bridgehead atoms. The molecule has 2 aromatic carbocycles. The first kappa shape index (κ1) is 14.9. The molecule has 6 heteroatoms. The lowest BCUT2D eigenvalue weighted by molar-refractivity contribution is 0.958. The number of benzene rings is 2. The van der Waals surface area contributed by atoms with Crippen molar-refractivity contribution < 1.29 is 0 Å². The van der Waals surface area contributed by atoms with Gasteiger partial charge in [-0.1, -0.05) is 35.3 Å². The zero-order valence-corrected chi connectivity index (χ0v) is 13.2. The number of halogens is 2. The molecule has 0 atom stereocenters. The fraction of sp³-hybridized carbons (Fsp3) is 0.125. The van der Waals surface area contributed by atoms with Crippen LogP contribution < -0.4 is 5.73 Å². The Morgan fingerprint density at radius 2 is 1.59 bits per heavy atom. The van der Waals surface area contributed by atoms with Crippen LogP contribution >= 0.6 is 23.2 Å².